The fourth-order valence-corrected chi connectivity index (χ4v) is 2.46. The molecule has 0 atom stereocenters. The van der Waals surface area contributed by atoms with E-state index in [1.54, 1.807) is 17.8 Å². The summed E-state index contributed by atoms with van der Waals surface area (Å²) in [6, 6.07) is 4.80. The van der Waals surface area contributed by atoms with Crippen LogP contribution in [0.15, 0.2) is 30.3 Å². The summed E-state index contributed by atoms with van der Waals surface area (Å²) in [7, 11) is 3.44. The Balaban J connectivity index is 2.04. The number of amides is 1. The fraction of sp³-hybridized carbons (Fsp3) is 0.333. The molecule has 1 aromatic heterocycles. The summed E-state index contributed by atoms with van der Waals surface area (Å²) in [6.07, 6.45) is -1.20. The molecule has 7 heteroatoms. The van der Waals surface area contributed by atoms with Crippen molar-refractivity contribution in [3.05, 3.63) is 58.4 Å². The molecule has 0 aliphatic rings. The third kappa shape index (κ3) is 4.49. The molecule has 0 unspecified atom stereocenters. The van der Waals surface area contributed by atoms with Crippen LogP contribution in [0.2, 0.25) is 0 Å². The number of rotatable bonds is 4. The zero-order valence-electron chi connectivity index (χ0n) is 14.6. The van der Waals surface area contributed by atoms with Crippen molar-refractivity contribution >= 4 is 12.0 Å². The Morgan fingerprint density at radius 1 is 1.24 bits per heavy atom. The van der Waals surface area contributed by atoms with Gasteiger partial charge < -0.3 is 4.90 Å². The van der Waals surface area contributed by atoms with E-state index in [0.717, 1.165) is 29.1 Å². The Hall–Kier alpha value is -2.57. The molecule has 2 rings (SSSR count). The molecule has 134 valence electrons. The number of likely N-dealkylation sites (N-methyl/N-ethyl adjacent to an activating group) is 1. The first kappa shape index (κ1) is 18.8. The molecular formula is C18H20F3N3O. The number of aromatic nitrogens is 2. The Bertz CT molecular complexity index is 789. The van der Waals surface area contributed by atoms with Crippen molar-refractivity contribution in [3.63, 3.8) is 0 Å². The van der Waals surface area contributed by atoms with Gasteiger partial charge in [-0.05, 0) is 37.6 Å². The average molecular weight is 351 g/mol. The van der Waals surface area contributed by atoms with E-state index < -0.39 is 11.7 Å². The second kappa shape index (κ2) is 7.13. The van der Waals surface area contributed by atoms with Crippen molar-refractivity contribution in [3.8, 4) is 0 Å². The van der Waals surface area contributed by atoms with Crippen LogP contribution in [0.25, 0.3) is 6.08 Å². The maximum atomic E-state index is 12.6. The number of benzene rings is 1. The molecule has 0 fully saturated rings. The highest BCUT2D eigenvalue weighted by molar-refractivity contribution is 5.91. The van der Waals surface area contributed by atoms with Gasteiger partial charge in [0.05, 0.1) is 11.3 Å². The predicted molar refractivity (Wildman–Crippen MR) is 89.6 cm³/mol. The van der Waals surface area contributed by atoms with Crippen LogP contribution < -0.4 is 0 Å². The molecule has 1 aromatic carbocycles. The van der Waals surface area contributed by atoms with E-state index in [1.165, 1.54) is 23.1 Å². The van der Waals surface area contributed by atoms with Crippen LogP contribution in [-0.4, -0.2) is 27.6 Å². The Morgan fingerprint density at radius 2 is 1.84 bits per heavy atom. The second-order valence-electron chi connectivity index (χ2n) is 5.93. The SMILES string of the molecule is Cc1nn(C)c(C)c1/C=C\C(=O)N(C)Cc1ccc(C(F)(F)F)cc1. The number of halogens is 3. The Morgan fingerprint density at radius 3 is 2.32 bits per heavy atom. The van der Waals surface area contributed by atoms with Crippen molar-refractivity contribution in [2.24, 2.45) is 7.05 Å². The van der Waals surface area contributed by atoms with Crippen LogP contribution in [0.1, 0.15) is 28.1 Å². The summed E-state index contributed by atoms with van der Waals surface area (Å²) < 4.78 is 39.4. The summed E-state index contributed by atoms with van der Waals surface area (Å²) in [5.41, 5.74) is 2.60. The zero-order chi connectivity index (χ0) is 18.8. The van der Waals surface area contributed by atoms with E-state index in [9.17, 15) is 18.0 Å². The van der Waals surface area contributed by atoms with Gasteiger partial charge in [0, 0.05) is 38.0 Å². The minimum atomic E-state index is -4.36. The van der Waals surface area contributed by atoms with E-state index in [4.69, 9.17) is 0 Å². The van der Waals surface area contributed by atoms with Crippen LogP contribution >= 0.6 is 0 Å². The first-order valence-corrected chi connectivity index (χ1v) is 7.69. The third-order valence-corrected chi connectivity index (χ3v) is 4.03. The highest BCUT2D eigenvalue weighted by Gasteiger charge is 2.29. The van der Waals surface area contributed by atoms with Crippen molar-refractivity contribution in [2.75, 3.05) is 7.05 Å². The molecule has 0 aliphatic carbocycles. The third-order valence-electron chi connectivity index (χ3n) is 4.03. The van der Waals surface area contributed by atoms with Crippen LogP contribution in [0.3, 0.4) is 0 Å². The van der Waals surface area contributed by atoms with Crippen LogP contribution in [0, 0.1) is 13.8 Å². The topological polar surface area (TPSA) is 38.1 Å². The van der Waals surface area contributed by atoms with Crippen molar-refractivity contribution in [1.82, 2.24) is 14.7 Å². The summed E-state index contributed by atoms with van der Waals surface area (Å²) in [5.74, 6) is -0.234. The van der Waals surface area contributed by atoms with Crippen molar-refractivity contribution in [1.29, 1.82) is 0 Å². The molecule has 25 heavy (non-hydrogen) atoms. The summed E-state index contributed by atoms with van der Waals surface area (Å²) >= 11 is 0. The lowest BCUT2D eigenvalue weighted by molar-refractivity contribution is -0.137. The van der Waals surface area contributed by atoms with E-state index >= 15 is 0 Å². The molecule has 4 nitrogen and oxygen atoms in total. The number of hydrogen-bond donors (Lipinski definition) is 0. The van der Waals surface area contributed by atoms with Gasteiger partial charge in [-0.25, -0.2) is 0 Å². The average Bonchev–Trinajstić information content (AvgIpc) is 2.77. The molecule has 0 spiro atoms. The highest BCUT2D eigenvalue weighted by atomic mass is 19.4. The lowest BCUT2D eigenvalue weighted by Crippen LogP contribution is -2.24. The van der Waals surface area contributed by atoms with Crippen LogP contribution in [-0.2, 0) is 24.6 Å². The van der Waals surface area contributed by atoms with Gasteiger partial charge in [0.2, 0.25) is 5.91 Å². The molecule has 0 saturated carbocycles. The van der Waals surface area contributed by atoms with Crippen LogP contribution in [0.4, 0.5) is 13.2 Å². The number of hydrogen-bond acceptors (Lipinski definition) is 2. The number of carbonyl (C=O) groups is 1. The molecule has 0 bridgehead atoms. The van der Waals surface area contributed by atoms with Gasteiger partial charge >= 0.3 is 6.18 Å². The van der Waals surface area contributed by atoms with Gasteiger partial charge in [-0.1, -0.05) is 12.1 Å². The smallest absolute Gasteiger partial charge is 0.338 e. The lowest BCUT2D eigenvalue weighted by Gasteiger charge is -2.16. The summed E-state index contributed by atoms with van der Waals surface area (Å²) in [4.78, 5) is 13.7. The summed E-state index contributed by atoms with van der Waals surface area (Å²) in [5, 5.41) is 4.28. The molecule has 0 aliphatic heterocycles. The largest absolute Gasteiger partial charge is 0.416 e. The first-order chi connectivity index (χ1) is 11.6. The van der Waals surface area contributed by atoms with Gasteiger partial charge in [-0.15, -0.1) is 0 Å². The van der Waals surface area contributed by atoms with E-state index in [1.807, 2.05) is 20.9 Å². The fourth-order valence-electron chi connectivity index (χ4n) is 2.46. The van der Waals surface area contributed by atoms with Gasteiger partial charge in [-0.3, -0.25) is 9.48 Å². The maximum absolute atomic E-state index is 12.6. The minimum Gasteiger partial charge on any atom is -0.338 e. The lowest BCUT2D eigenvalue weighted by atomic mass is 10.1. The molecule has 1 amide bonds. The molecule has 1 heterocycles. The van der Waals surface area contributed by atoms with E-state index in [0.29, 0.717) is 5.56 Å². The highest BCUT2D eigenvalue weighted by Crippen LogP contribution is 2.29. The monoisotopic (exact) mass is 351 g/mol. The molecule has 2 aromatic rings. The number of carbonyl (C=O) groups excluding carboxylic acids is 1. The number of aryl methyl sites for hydroxylation is 2. The van der Waals surface area contributed by atoms with E-state index in [-0.39, 0.29) is 12.5 Å². The van der Waals surface area contributed by atoms with Crippen LogP contribution in [0.5, 0.6) is 0 Å². The van der Waals surface area contributed by atoms with E-state index in [2.05, 4.69) is 5.10 Å². The summed E-state index contributed by atoms with van der Waals surface area (Å²) in [6.45, 7) is 4.01. The molecule has 0 radical (unpaired) electrons. The Kier molecular flexibility index (Phi) is 5.35. The van der Waals surface area contributed by atoms with Crippen molar-refractivity contribution in [2.45, 2.75) is 26.6 Å². The maximum Gasteiger partial charge on any atom is 0.416 e. The van der Waals surface area contributed by atoms with Crippen molar-refractivity contribution < 1.29 is 18.0 Å². The molecule has 0 saturated heterocycles. The van der Waals surface area contributed by atoms with Gasteiger partial charge in [0.1, 0.15) is 0 Å². The molecular weight excluding hydrogens is 331 g/mol. The zero-order valence-corrected chi connectivity index (χ0v) is 14.6. The number of nitrogens with zero attached hydrogens (tertiary/aromatic N) is 3. The first-order valence-electron chi connectivity index (χ1n) is 7.69. The quantitative estimate of drug-likeness (QED) is 0.788. The second-order valence-corrected chi connectivity index (χ2v) is 5.93. The standard InChI is InChI=1S/C18H20F3N3O/c1-12-16(13(2)24(4)22-12)9-10-17(25)23(3)11-14-5-7-15(8-6-14)18(19,20)21/h5-10H,11H2,1-4H3/b10-9-. The van der Waals surface area contributed by atoms with Gasteiger partial charge in [0.25, 0.3) is 0 Å². The normalized spacial score (nSPS) is 12.0. The van der Waals surface area contributed by atoms with Gasteiger partial charge in [-0.2, -0.15) is 18.3 Å². The molecule has 0 N–H and O–H groups in total. The Labute approximate surface area is 144 Å². The number of alkyl halides is 3. The predicted octanol–water partition coefficient (Wildman–Crippen LogP) is 3.73. The van der Waals surface area contributed by atoms with Gasteiger partial charge in [0.15, 0.2) is 0 Å². The minimum absolute atomic E-state index is 0.228.